The Hall–Kier alpha value is -2.46. The van der Waals surface area contributed by atoms with Crippen LogP contribution in [0.3, 0.4) is 0 Å². The van der Waals surface area contributed by atoms with E-state index in [1.165, 1.54) is 6.92 Å². The first-order valence-electron chi connectivity index (χ1n) is 6.56. The Kier molecular flexibility index (Phi) is 5.44. The predicted molar refractivity (Wildman–Crippen MR) is 81.8 cm³/mol. The summed E-state index contributed by atoms with van der Waals surface area (Å²) in [4.78, 5) is 11.8. The molecule has 6 nitrogen and oxygen atoms in total. The maximum Gasteiger partial charge on any atom is 0.277 e. The molecule has 1 heterocycles. The van der Waals surface area contributed by atoms with Gasteiger partial charge in [0.15, 0.2) is 5.78 Å². The first-order chi connectivity index (χ1) is 10.6. The molecule has 0 saturated heterocycles. The third-order valence-corrected chi connectivity index (χ3v) is 3.71. The van der Waals surface area contributed by atoms with Gasteiger partial charge >= 0.3 is 0 Å². The quantitative estimate of drug-likeness (QED) is 0.622. The van der Waals surface area contributed by atoms with Gasteiger partial charge in [0.2, 0.25) is 5.89 Å². The van der Waals surface area contributed by atoms with Gasteiger partial charge in [-0.2, -0.15) is 5.26 Å². The number of thioether (sulfide) groups is 1. The van der Waals surface area contributed by atoms with Crippen molar-refractivity contribution < 1.29 is 9.21 Å². The highest BCUT2D eigenvalue weighted by atomic mass is 32.2. The topological polar surface area (TPSA) is 104 Å². The third-order valence-electron chi connectivity index (χ3n) is 2.87. The lowest BCUT2D eigenvalue weighted by Crippen LogP contribution is -2.21. The summed E-state index contributed by atoms with van der Waals surface area (Å²) < 4.78 is 5.46. The van der Waals surface area contributed by atoms with Crippen LogP contribution in [-0.2, 0) is 11.2 Å². The number of rotatable bonds is 7. The molecule has 0 fully saturated rings. The number of hydrogen-bond acceptors (Lipinski definition) is 7. The molecule has 22 heavy (non-hydrogen) atoms. The molecule has 112 valence electrons. The van der Waals surface area contributed by atoms with Gasteiger partial charge in [-0.25, -0.2) is 0 Å². The minimum absolute atomic E-state index is 0.0292. The molecule has 0 aliphatic rings. The molecule has 1 atom stereocenters. The number of Topliss-reactive ketones (excluding diaryl/α,β-unsaturated/α-hetero) is 1. The normalized spacial score (nSPS) is 11.6. The van der Waals surface area contributed by atoms with Crippen LogP contribution in [0.5, 0.6) is 0 Å². The van der Waals surface area contributed by atoms with Crippen molar-refractivity contribution in [1.82, 2.24) is 10.2 Å². The summed E-state index contributed by atoms with van der Waals surface area (Å²) in [5.41, 5.74) is 1.10. The molecule has 0 saturated carbocycles. The summed E-state index contributed by atoms with van der Waals surface area (Å²) in [7, 11) is 0. The van der Waals surface area contributed by atoms with Gasteiger partial charge in [-0.3, -0.25) is 4.79 Å². The zero-order valence-electron chi connectivity index (χ0n) is 11.9. The second kappa shape index (κ2) is 7.52. The van der Waals surface area contributed by atoms with Gasteiger partial charge in [-0.15, -0.1) is 10.2 Å². The van der Waals surface area contributed by atoms with Crippen molar-refractivity contribution in [2.45, 2.75) is 18.6 Å². The van der Waals surface area contributed by atoms with Gasteiger partial charge in [0.25, 0.3) is 5.22 Å². The molecule has 0 aliphatic carbocycles. The molecular weight excluding hydrogens is 300 g/mol. The second-order valence-corrected chi connectivity index (χ2v) is 5.55. The molecule has 1 aromatic heterocycles. The lowest BCUT2D eigenvalue weighted by atomic mass is 10.0. The van der Waals surface area contributed by atoms with Crippen molar-refractivity contribution in [1.29, 1.82) is 10.7 Å². The lowest BCUT2D eigenvalue weighted by molar-refractivity contribution is -0.117. The molecule has 2 rings (SSSR count). The Morgan fingerprint density at radius 1 is 1.41 bits per heavy atom. The van der Waals surface area contributed by atoms with Crippen LogP contribution < -0.4 is 0 Å². The number of carbonyl (C=O) groups excluding carboxylic acids is 1. The highest BCUT2D eigenvalue weighted by Gasteiger charge is 2.21. The Balaban J connectivity index is 1.91. The van der Waals surface area contributed by atoms with Gasteiger partial charge in [-0.1, -0.05) is 42.1 Å². The standard InChI is InChI=1S/C15H14N4O2S/c1-10(17)12(8-16)13(20)9-22-15-19-18-14(21-15)7-11-5-3-2-4-6-11/h2-6,12,17H,7,9H2,1H3. The van der Waals surface area contributed by atoms with Crippen molar-refractivity contribution in [3.63, 3.8) is 0 Å². The van der Waals surface area contributed by atoms with E-state index in [9.17, 15) is 4.79 Å². The average Bonchev–Trinajstić information content (AvgIpc) is 2.94. The van der Waals surface area contributed by atoms with E-state index >= 15 is 0 Å². The van der Waals surface area contributed by atoms with E-state index in [2.05, 4.69) is 10.2 Å². The highest BCUT2D eigenvalue weighted by molar-refractivity contribution is 7.99. The zero-order chi connectivity index (χ0) is 15.9. The van der Waals surface area contributed by atoms with Crippen LogP contribution >= 0.6 is 11.8 Å². The van der Waals surface area contributed by atoms with Crippen LogP contribution in [0.2, 0.25) is 0 Å². The van der Waals surface area contributed by atoms with E-state index in [-0.39, 0.29) is 17.2 Å². The number of carbonyl (C=O) groups is 1. The predicted octanol–water partition coefficient (Wildman–Crippen LogP) is 2.50. The fraction of sp³-hybridized carbons (Fsp3) is 0.267. The van der Waals surface area contributed by atoms with E-state index in [0.29, 0.717) is 17.5 Å². The van der Waals surface area contributed by atoms with Crippen LogP contribution in [-0.4, -0.2) is 27.4 Å². The maximum atomic E-state index is 11.8. The van der Waals surface area contributed by atoms with E-state index in [0.717, 1.165) is 17.3 Å². The monoisotopic (exact) mass is 314 g/mol. The smallest absolute Gasteiger partial charge is 0.277 e. The van der Waals surface area contributed by atoms with Crippen molar-refractivity contribution in [2.24, 2.45) is 5.92 Å². The number of hydrogen-bond donors (Lipinski definition) is 1. The molecule has 7 heteroatoms. The number of nitrogens with one attached hydrogen (secondary N) is 1. The summed E-state index contributed by atoms with van der Waals surface area (Å²) in [6, 6.07) is 11.5. The Morgan fingerprint density at radius 2 is 2.14 bits per heavy atom. The first-order valence-corrected chi connectivity index (χ1v) is 7.55. The fourth-order valence-electron chi connectivity index (χ4n) is 1.76. The molecular formula is C15H14N4O2S. The SMILES string of the molecule is CC(=N)C(C#N)C(=O)CSc1nnc(Cc2ccccc2)o1. The molecule has 1 N–H and O–H groups in total. The second-order valence-electron chi connectivity index (χ2n) is 4.62. The summed E-state index contributed by atoms with van der Waals surface area (Å²) in [5.74, 6) is -0.829. The van der Waals surface area contributed by atoms with Crippen LogP contribution in [0.1, 0.15) is 18.4 Å². The number of aromatic nitrogens is 2. The maximum absolute atomic E-state index is 11.8. The van der Waals surface area contributed by atoms with Crippen molar-refractivity contribution in [3.05, 3.63) is 41.8 Å². The lowest BCUT2D eigenvalue weighted by Gasteiger charge is -2.03. The van der Waals surface area contributed by atoms with Crippen LogP contribution in [0.25, 0.3) is 0 Å². The zero-order valence-corrected chi connectivity index (χ0v) is 12.8. The molecule has 0 radical (unpaired) electrons. The molecule has 2 aromatic rings. The first kappa shape index (κ1) is 15.9. The Labute approximate surface area is 132 Å². The number of nitriles is 1. The van der Waals surface area contributed by atoms with Crippen molar-refractivity contribution in [3.8, 4) is 6.07 Å². The average molecular weight is 314 g/mol. The molecule has 0 bridgehead atoms. The summed E-state index contributed by atoms with van der Waals surface area (Å²) in [6.45, 7) is 1.45. The highest BCUT2D eigenvalue weighted by Crippen LogP contribution is 2.19. The van der Waals surface area contributed by atoms with Gasteiger partial charge in [0, 0.05) is 5.71 Å². The van der Waals surface area contributed by atoms with Crippen molar-refractivity contribution in [2.75, 3.05) is 5.75 Å². The van der Waals surface area contributed by atoms with E-state index in [1.807, 2.05) is 36.4 Å². The van der Waals surface area contributed by atoms with Gasteiger partial charge in [-0.05, 0) is 12.5 Å². The van der Waals surface area contributed by atoms with Crippen LogP contribution in [0.4, 0.5) is 0 Å². The Morgan fingerprint density at radius 3 is 2.77 bits per heavy atom. The molecule has 0 spiro atoms. The van der Waals surface area contributed by atoms with E-state index < -0.39 is 5.92 Å². The van der Waals surface area contributed by atoms with E-state index in [4.69, 9.17) is 15.1 Å². The summed E-state index contributed by atoms with van der Waals surface area (Å²) >= 11 is 1.08. The minimum atomic E-state index is -1.00. The van der Waals surface area contributed by atoms with Crippen LogP contribution in [0.15, 0.2) is 40.0 Å². The number of nitrogens with zero attached hydrogens (tertiary/aromatic N) is 3. The number of benzene rings is 1. The van der Waals surface area contributed by atoms with Gasteiger partial charge in [0.1, 0.15) is 5.92 Å². The largest absolute Gasteiger partial charge is 0.416 e. The Bertz CT molecular complexity index is 706. The van der Waals surface area contributed by atoms with Crippen molar-refractivity contribution >= 4 is 23.3 Å². The van der Waals surface area contributed by atoms with Gasteiger partial charge < -0.3 is 9.83 Å². The summed E-state index contributed by atoms with van der Waals surface area (Å²) in [5, 5.41) is 24.3. The summed E-state index contributed by atoms with van der Waals surface area (Å²) in [6.07, 6.45) is 0.531. The van der Waals surface area contributed by atoms with Gasteiger partial charge in [0.05, 0.1) is 18.2 Å². The van der Waals surface area contributed by atoms with Crippen LogP contribution in [0, 0.1) is 22.7 Å². The molecule has 0 aliphatic heterocycles. The minimum Gasteiger partial charge on any atom is -0.416 e. The third kappa shape index (κ3) is 4.27. The molecule has 0 amide bonds. The molecule has 1 unspecified atom stereocenters. The fourth-order valence-corrected chi connectivity index (χ4v) is 2.45. The number of ketones is 1. The van der Waals surface area contributed by atoms with E-state index in [1.54, 1.807) is 0 Å². The molecule has 1 aromatic carbocycles.